The fourth-order valence-electron chi connectivity index (χ4n) is 0.126. The Kier molecular flexibility index (Phi) is 2.25. The van der Waals surface area contributed by atoms with Gasteiger partial charge in [-0.2, -0.15) is 8.78 Å². The molecular formula is C4H5F4. The summed E-state index contributed by atoms with van der Waals surface area (Å²) in [6, 6.07) is 0. The van der Waals surface area contributed by atoms with Gasteiger partial charge in [0.15, 0.2) is 0 Å². The summed E-state index contributed by atoms with van der Waals surface area (Å²) >= 11 is 0. The lowest BCUT2D eigenvalue weighted by molar-refractivity contribution is -0.102. The maximum Gasteiger partial charge on any atom is 0.310 e. The highest BCUT2D eigenvalue weighted by molar-refractivity contribution is 4.81. The van der Waals surface area contributed by atoms with Crippen molar-refractivity contribution in [3.63, 3.8) is 0 Å². The van der Waals surface area contributed by atoms with Crippen LogP contribution < -0.4 is 0 Å². The summed E-state index contributed by atoms with van der Waals surface area (Å²) in [5.74, 6) is -3.92. The van der Waals surface area contributed by atoms with Crippen LogP contribution in [0.2, 0.25) is 0 Å². The SMILES string of the molecule is C[CH]C(F)(F)C(F)F. The van der Waals surface area contributed by atoms with Crippen LogP contribution in [0.15, 0.2) is 0 Å². The van der Waals surface area contributed by atoms with E-state index in [4.69, 9.17) is 0 Å². The minimum atomic E-state index is -3.92. The quantitative estimate of drug-likeness (QED) is 0.501. The van der Waals surface area contributed by atoms with Crippen molar-refractivity contribution in [2.45, 2.75) is 19.3 Å². The zero-order valence-corrected chi connectivity index (χ0v) is 4.17. The van der Waals surface area contributed by atoms with Gasteiger partial charge in [0, 0.05) is 6.42 Å². The molecule has 1 radical (unpaired) electrons. The Bertz CT molecular complexity index is 68.4. The van der Waals surface area contributed by atoms with Gasteiger partial charge in [0.25, 0.3) is 0 Å². The van der Waals surface area contributed by atoms with Crippen molar-refractivity contribution in [2.24, 2.45) is 0 Å². The van der Waals surface area contributed by atoms with E-state index in [-0.39, 0.29) is 6.42 Å². The maximum atomic E-state index is 11.5. The van der Waals surface area contributed by atoms with E-state index in [9.17, 15) is 17.6 Å². The molecule has 0 heterocycles. The van der Waals surface area contributed by atoms with E-state index in [2.05, 4.69) is 0 Å². The first kappa shape index (κ1) is 7.72. The Labute approximate surface area is 44.5 Å². The highest BCUT2D eigenvalue weighted by Crippen LogP contribution is 2.24. The standard InChI is InChI=1S/C4H5F4/c1-2-4(7,8)3(5)6/h2-3H,1H3. The number of hydrogen-bond donors (Lipinski definition) is 0. The van der Waals surface area contributed by atoms with Gasteiger partial charge in [-0.1, -0.05) is 6.92 Å². The minimum absolute atomic E-state index is 0.178. The molecule has 0 aromatic carbocycles. The van der Waals surface area contributed by atoms with E-state index in [1.165, 1.54) is 0 Å². The average molecular weight is 129 g/mol. The van der Waals surface area contributed by atoms with E-state index < -0.39 is 12.3 Å². The molecule has 4 heteroatoms. The van der Waals surface area contributed by atoms with E-state index in [0.29, 0.717) is 0 Å². The highest BCUT2D eigenvalue weighted by atomic mass is 19.3. The van der Waals surface area contributed by atoms with Gasteiger partial charge < -0.3 is 0 Å². The summed E-state index contributed by atoms with van der Waals surface area (Å²) in [7, 11) is 0. The molecule has 0 spiro atoms. The lowest BCUT2D eigenvalue weighted by atomic mass is 10.3. The maximum absolute atomic E-state index is 11.5. The number of halogens is 4. The van der Waals surface area contributed by atoms with Gasteiger partial charge in [-0.15, -0.1) is 0 Å². The molecule has 0 N–H and O–H groups in total. The third-order valence-corrected chi connectivity index (χ3v) is 0.676. The predicted molar refractivity (Wildman–Crippen MR) is 20.9 cm³/mol. The molecule has 0 saturated carbocycles. The zero-order chi connectivity index (χ0) is 6.78. The van der Waals surface area contributed by atoms with Gasteiger partial charge in [-0.05, 0) is 0 Å². The lowest BCUT2D eigenvalue weighted by Gasteiger charge is -2.10. The summed E-state index contributed by atoms with van der Waals surface area (Å²) < 4.78 is 45.0. The first-order valence-electron chi connectivity index (χ1n) is 1.97. The molecule has 0 aromatic rings. The molecule has 0 rings (SSSR count). The minimum Gasteiger partial charge on any atom is -0.204 e. The van der Waals surface area contributed by atoms with Crippen LogP contribution in [-0.4, -0.2) is 12.3 Å². The molecule has 0 aliphatic rings. The third-order valence-electron chi connectivity index (χ3n) is 0.676. The van der Waals surface area contributed by atoms with E-state index >= 15 is 0 Å². The fourth-order valence-corrected chi connectivity index (χ4v) is 0.126. The van der Waals surface area contributed by atoms with Crippen LogP contribution in [-0.2, 0) is 0 Å². The summed E-state index contributed by atoms with van der Waals surface area (Å²) in [5, 5.41) is 0. The van der Waals surface area contributed by atoms with Crippen LogP contribution in [0.1, 0.15) is 6.92 Å². The van der Waals surface area contributed by atoms with Crippen molar-refractivity contribution in [3.05, 3.63) is 6.42 Å². The smallest absolute Gasteiger partial charge is 0.204 e. The van der Waals surface area contributed by atoms with Gasteiger partial charge in [-0.25, -0.2) is 8.78 Å². The van der Waals surface area contributed by atoms with Crippen molar-refractivity contribution >= 4 is 0 Å². The molecule has 0 atom stereocenters. The summed E-state index contributed by atoms with van der Waals surface area (Å²) in [6.45, 7) is 0.895. The van der Waals surface area contributed by atoms with Crippen molar-refractivity contribution in [2.75, 3.05) is 0 Å². The highest BCUT2D eigenvalue weighted by Gasteiger charge is 2.38. The van der Waals surface area contributed by atoms with Crippen molar-refractivity contribution < 1.29 is 17.6 Å². The number of alkyl halides is 4. The number of rotatable bonds is 2. The second-order valence-electron chi connectivity index (χ2n) is 1.26. The van der Waals surface area contributed by atoms with Gasteiger partial charge in [-0.3, -0.25) is 0 Å². The molecule has 0 aromatic heterocycles. The predicted octanol–water partition coefficient (Wildman–Crippen LogP) is 2.11. The van der Waals surface area contributed by atoms with Crippen molar-refractivity contribution in [3.8, 4) is 0 Å². The molecule has 0 bridgehead atoms. The fraction of sp³-hybridized carbons (Fsp3) is 0.750. The molecule has 0 aliphatic carbocycles. The van der Waals surface area contributed by atoms with Crippen molar-refractivity contribution in [1.82, 2.24) is 0 Å². The first-order valence-corrected chi connectivity index (χ1v) is 1.97. The Morgan fingerprint density at radius 2 is 1.75 bits per heavy atom. The molecule has 49 valence electrons. The first-order chi connectivity index (χ1) is 3.50. The average Bonchev–Trinajstić information content (AvgIpc) is 1.67. The van der Waals surface area contributed by atoms with Crippen LogP contribution >= 0.6 is 0 Å². The van der Waals surface area contributed by atoms with Gasteiger partial charge >= 0.3 is 12.3 Å². The van der Waals surface area contributed by atoms with Crippen LogP contribution in [0.25, 0.3) is 0 Å². The van der Waals surface area contributed by atoms with Gasteiger partial charge in [0.05, 0.1) is 0 Å². The molecule has 0 nitrogen and oxygen atoms in total. The number of hydrogen-bond acceptors (Lipinski definition) is 0. The Morgan fingerprint density at radius 1 is 1.38 bits per heavy atom. The molecular weight excluding hydrogens is 124 g/mol. The zero-order valence-electron chi connectivity index (χ0n) is 4.17. The van der Waals surface area contributed by atoms with Crippen LogP contribution in [0.4, 0.5) is 17.6 Å². The molecule has 0 unspecified atom stereocenters. The summed E-state index contributed by atoms with van der Waals surface area (Å²) in [5.41, 5.74) is 0. The summed E-state index contributed by atoms with van der Waals surface area (Å²) in [6.07, 6.45) is -3.40. The topological polar surface area (TPSA) is 0 Å². The van der Waals surface area contributed by atoms with Gasteiger partial charge in [0.2, 0.25) is 0 Å². The van der Waals surface area contributed by atoms with E-state index in [0.717, 1.165) is 6.92 Å². The molecule has 0 amide bonds. The van der Waals surface area contributed by atoms with E-state index in [1.54, 1.807) is 0 Å². The monoisotopic (exact) mass is 129 g/mol. The molecule has 0 saturated heterocycles. The normalized spacial score (nSPS) is 12.8. The molecule has 8 heavy (non-hydrogen) atoms. The molecule has 0 aliphatic heterocycles. The second-order valence-corrected chi connectivity index (χ2v) is 1.26. The third kappa shape index (κ3) is 1.68. The Hall–Kier alpha value is -0.280. The van der Waals surface area contributed by atoms with E-state index in [1.807, 2.05) is 0 Å². The van der Waals surface area contributed by atoms with Crippen LogP contribution in [0.3, 0.4) is 0 Å². The second kappa shape index (κ2) is 2.33. The van der Waals surface area contributed by atoms with Crippen LogP contribution in [0.5, 0.6) is 0 Å². The van der Waals surface area contributed by atoms with Crippen LogP contribution in [0, 0.1) is 6.42 Å². The van der Waals surface area contributed by atoms with Crippen molar-refractivity contribution in [1.29, 1.82) is 0 Å². The Balaban J connectivity index is 3.71. The molecule has 0 fully saturated rings. The summed E-state index contributed by atoms with van der Waals surface area (Å²) in [4.78, 5) is 0. The largest absolute Gasteiger partial charge is 0.310 e. The van der Waals surface area contributed by atoms with Gasteiger partial charge in [0.1, 0.15) is 0 Å². The lowest BCUT2D eigenvalue weighted by Crippen LogP contribution is -2.25. The Morgan fingerprint density at radius 3 is 1.75 bits per heavy atom.